The summed E-state index contributed by atoms with van der Waals surface area (Å²) in [5.74, 6) is 0.910. The van der Waals surface area contributed by atoms with Gasteiger partial charge in [0.1, 0.15) is 0 Å². The maximum absolute atomic E-state index is 5.31. The van der Waals surface area contributed by atoms with Gasteiger partial charge in [-0.05, 0) is 0 Å². The Morgan fingerprint density at radius 1 is 1.06 bits per heavy atom. The average Bonchev–Trinajstić information content (AvgIpc) is 3.01. The van der Waals surface area contributed by atoms with Crippen molar-refractivity contribution in [3.63, 3.8) is 0 Å². The number of aromatic amines is 1. The molecule has 2 aromatic carbocycles. The molecule has 18 heavy (non-hydrogen) atoms. The van der Waals surface area contributed by atoms with Gasteiger partial charge in [-0.25, -0.2) is 0 Å². The second-order valence-electron chi connectivity index (χ2n) is 4.36. The van der Waals surface area contributed by atoms with Crippen LogP contribution in [0, 0.1) is 0 Å². The number of hydrogen-bond donors (Lipinski definition) is 1. The molecule has 0 radical (unpaired) electrons. The minimum absolute atomic E-state index is 0.458. The number of aromatic nitrogens is 1. The zero-order valence-corrected chi connectivity index (χ0v) is 11.6. The van der Waals surface area contributed by atoms with Gasteiger partial charge in [-0.2, -0.15) is 0 Å². The summed E-state index contributed by atoms with van der Waals surface area (Å²) in [6.07, 6.45) is 0. The zero-order valence-electron chi connectivity index (χ0n) is 9.86. The second kappa shape index (κ2) is 3.64. The topological polar surface area (TPSA) is 25.0 Å². The Morgan fingerprint density at radius 2 is 2.00 bits per heavy atom. The van der Waals surface area contributed by atoms with Crippen molar-refractivity contribution in [1.29, 1.82) is 0 Å². The van der Waals surface area contributed by atoms with E-state index in [-0.39, 0.29) is 0 Å². The van der Waals surface area contributed by atoms with Crippen molar-refractivity contribution in [3.05, 3.63) is 41.3 Å². The average molecular weight is 300 g/mol. The van der Waals surface area contributed by atoms with E-state index in [1.165, 1.54) is 31.5 Å². The van der Waals surface area contributed by atoms with Gasteiger partial charge >= 0.3 is 110 Å². The predicted molar refractivity (Wildman–Crippen MR) is 76.8 cm³/mol. The van der Waals surface area contributed by atoms with E-state index in [9.17, 15) is 0 Å². The molecule has 4 rings (SSSR count). The van der Waals surface area contributed by atoms with Crippen molar-refractivity contribution in [2.45, 2.75) is 0 Å². The molecule has 0 aliphatic carbocycles. The molecule has 2 aromatic heterocycles. The molecule has 0 fully saturated rings. The van der Waals surface area contributed by atoms with Crippen LogP contribution < -0.4 is 4.74 Å². The van der Waals surface area contributed by atoms with E-state index in [0.717, 1.165) is 5.75 Å². The summed E-state index contributed by atoms with van der Waals surface area (Å²) >= 11 is 0.458. The van der Waals surface area contributed by atoms with Crippen molar-refractivity contribution >= 4 is 46.0 Å². The van der Waals surface area contributed by atoms with Gasteiger partial charge in [-0.3, -0.25) is 0 Å². The molecule has 2 nitrogen and oxygen atoms in total. The summed E-state index contributed by atoms with van der Waals surface area (Å²) in [6, 6.07) is 12.8. The molecular weight excluding hydrogens is 289 g/mol. The third-order valence-electron chi connectivity index (χ3n) is 3.40. The standard InChI is InChI=1S/C15H11NOSe/c1-17-10-3-5-13-12(8-10)11-4-2-9-6-7-18-15(9)14(11)16-13/h2-8,16H,1H3. The van der Waals surface area contributed by atoms with E-state index >= 15 is 0 Å². The van der Waals surface area contributed by atoms with E-state index < -0.39 is 0 Å². The quantitative estimate of drug-likeness (QED) is 0.534. The van der Waals surface area contributed by atoms with Gasteiger partial charge in [0.2, 0.25) is 0 Å². The summed E-state index contributed by atoms with van der Waals surface area (Å²) in [5, 5.41) is 3.91. The number of H-pyrrole nitrogens is 1. The van der Waals surface area contributed by atoms with Crippen molar-refractivity contribution in [1.82, 2.24) is 4.98 Å². The van der Waals surface area contributed by atoms with Crippen LogP contribution in [0.4, 0.5) is 0 Å². The first kappa shape index (κ1) is 10.2. The molecule has 0 aliphatic heterocycles. The summed E-state index contributed by atoms with van der Waals surface area (Å²) in [7, 11) is 1.71. The Hall–Kier alpha value is -1.70. The molecule has 0 aliphatic rings. The second-order valence-corrected chi connectivity index (χ2v) is 6.29. The molecule has 1 N–H and O–H groups in total. The molecule has 0 spiro atoms. The van der Waals surface area contributed by atoms with E-state index in [2.05, 4.69) is 40.3 Å². The van der Waals surface area contributed by atoms with Gasteiger partial charge in [-0.1, -0.05) is 0 Å². The summed E-state index contributed by atoms with van der Waals surface area (Å²) in [5.41, 5.74) is 2.47. The fourth-order valence-electron chi connectivity index (χ4n) is 2.50. The number of nitrogens with one attached hydrogen (secondary N) is 1. The van der Waals surface area contributed by atoms with Crippen LogP contribution in [0.15, 0.2) is 41.3 Å². The molecule has 0 unspecified atom stereocenters. The van der Waals surface area contributed by atoms with Gasteiger partial charge in [0.15, 0.2) is 0 Å². The number of ether oxygens (including phenoxy) is 1. The third kappa shape index (κ3) is 1.29. The van der Waals surface area contributed by atoms with Gasteiger partial charge in [-0.15, -0.1) is 0 Å². The van der Waals surface area contributed by atoms with Crippen LogP contribution in [0.3, 0.4) is 0 Å². The third-order valence-corrected chi connectivity index (χ3v) is 5.39. The number of benzene rings is 2. The predicted octanol–water partition coefficient (Wildman–Crippen LogP) is 3.54. The zero-order chi connectivity index (χ0) is 12.1. The molecule has 3 heteroatoms. The van der Waals surface area contributed by atoms with Gasteiger partial charge in [0, 0.05) is 0 Å². The Kier molecular flexibility index (Phi) is 2.07. The van der Waals surface area contributed by atoms with E-state index in [1.54, 1.807) is 7.11 Å². The van der Waals surface area contributed by atoms with Crippen molar-refractivity contribution in [3.8, 4) is 5.75 Å². The van der Waals surface area contributed by atoms with Gasteiger partial charge in [0.05, 0.1) is 0 Å². The Labute approximate surface area is 110 Å². The number of fused-ring (bicyclic) bond motifs is 5. The number of methoxy groups -OCH3 is 1. The van der Waals surface area contributed by atoms with Gasteiger partial charge < -0.3 is 0 Å². The molecule has 4 aromatic rings. The molecule has 0 amide bonds. The van der Waals surface area contributed by atoms with Crippen molar-refractivity contribution in [2.24, 2.45) is 0 Å². The van der Waals surface area contributed by atoms with Crippen LogP contribution in [0.1, 0.15) is 0 Å². The summed E-state index contributed by atoms with van der Waals surface area (Å²) < 4.78 is 6.78. The maximum atomic E-state index is 5.31. The Bertz CT molecular complexity index is 872. The van der Waals surface area contributed by atoms with E-state index in [4.69, 9.17) is 4.74 Å². The fourth-order valence-corrected chi connectivity index (χ4v) is 4.39. The fraction of sp³-hybridized carbons (Fsp3) is 0.0667. The molecule has 88 valence electrons. The van der Waals surface area contributed by atoms with E-state index in [1.807, 2.05) is 6.07 Å². The molecule has 0 saturated carbocycles. The first-order chi connectivity index (χ1) is 8.86. The van der Waals surface area contributed by atoms with Crippen LogP contribution in [0.2, 0.25) is 0 Å². The van der Waals surface area contributed by atoms with Crippen LogP contribution >= 0.6 is 0 Å². The first-order valence-corrected chi connectivity index (χ1v) is 7.67. The van der Waals surface area contributed by atoms with Crippen molar-refractivity contribution < 1.29 is 4.74 Å². The SMILES string of the molecule is COc1ccc2[nH]c3c(ccc4cc[se]c43)c2c1. The van der Waals surface area contributed by atoms with Crippen LogP contribution in [-0.2, 0) is 0 Å². The van der Waals surface area contributed by atoms with Crippen LogP contribution in [0.5, 0.6) is 5.75 Å². The monoisotopic (exact) mass is 301 g/mol. The number of hydrogen-bond acceptors (Lipinski definition) is 1. The first-order valence-electron chi connectivity index (χ1n) is 5.82. The van der Waals surface area contributed by atoms with Gasteiger partial charge in [0.25, 0.3) is 0 Å². The molecular formula is C15H11NOSe. The molecule has 2 heterocycles. The normalized spacial score (nSPS) is 11.6. The summed E-state index contributed by atoms with van der Waals surface area (Å²) in [4.78, 5) is 5.83. The van der Waals surface area contributed by atoms with E-state index in [0.29, 0.717) is 14.5 Å². The molecule has 0 bridgehead atoms. The van der Waals surface area contributed by atoms with Crippen LogP contribution in [-0.4, -0.2) is 26.6 Å². The Balaban J connectivity index is 2.23. The molecule has 0 saturated heterocycles. The Morgan fingerprint density at radius 3 is 2.89 bits per heavy atom. The van der Waals surface area contributed by atoms with Crippen LogP contribution in [0.25, 0.3) is 31.5 Å². The molecule has 0 atom stereocenters. The van der Waals surface area contributed by atoms with Crippen molar-refractivity contribution in [2.75, 3.05) is 7.11 Å². The minimum atomic E-state index is 0.458. The number of rotatable bonds is 1. The summed E-state index contributed by atoms with van der Waals surface area (Å²) in [6.45, 7) is 0.